The van der Waals surface area contributed by atoms with Gasteiger partial charge in [-0.15, -0.1) is 0 Å². The first kappa shape index (κ1) is 20.9. The van der Waals surface area contributed by atoms with E-state index in [1.54, 1.807) is 0 Å². The molecule has 2 aromatic carbocycles. The van der Waals surface area contributed by atoms with Crippen molar-refractivity contribution in [3.63, 3.8) is 0 Å². The third kappa shape index (κ3) is 9.35. The number of carboxylic acids is 1. The molecule has 0 bridgehead atoms. The number of unbranched alkanes of at least 4 members (excludes halogenated alkanes) is 1. The molecule has 0 saturated heterocycles. The Kier molecular flexibility index (Phi) is 10.4. The lowest BCUT2D eigenvalue weighted by atomic mass is 10.1. The summed E-state index contributed by atoms with van der Waals surface area (Å²) in [6.07, 6.45) is 4.37. The van der Waals surface area contributed by atoms with Crippen LogP contribution < -0.4 is 0 Å². The zero-order chi connectivity index (χ0) is 18.5. The lowest BCUT2D eigenvalue weighted by Crippen LogP contribution is -2.06. The summed E-state index contributed by atoms with van der Waals surface area (Å²) in [5.74, 6) is 2.57. The predicted molar refractivity (Wildman–Crippen MR) is 115 cm³/mol. The van der Waals surface area contributed by atoms with E-state index in [0.29, 0.717) is 11.7 Å². The first-order valence-electron chi connectivity index (χ1n) is 9.23. The number of aliphatic carboxylic acids is 1. The first-order chi connectivity index (χ1) is 12.7. The number of hydrogen-bond donors (Lipinski definition) is 1. The summed E-state index contributed by atoms with van der Waals surface area (Å²) in [6.45, 7) is 0. The molecule has 1 atom stereocenters. The number of benzene rings is 2. The van der Waals surface area contributed by atoms with Crippen molar-refractivity contribution < 1.29 is 9.90 Å². The van der Waals surface area contributed by atoms with Crippen LogP contribution in [0.1, 0.15) is 43.2 Å². The van der Waals surface area contributed by atoms with E-state index in [-0.39, 0.29) is 0 Å². The Hall–Kier alpha value is -1.39. The van der Waals surface area contributed by atoms with Crippen LogP contribution in [0.5, 0.6) is 0 Å². The van der Waals surface area contributed by atoms with Crippen molar-refractivity contribution in [1.82, 2.24) is 0 Å². The van der Waals surface area contributed by atoms with E-state index >= 15 is 0 Å². The molecule has 0 aliphatic heterocycles. The van der Waals surface area contributed by atoms with Crippen LogP contribution in [0.15, 0.2) is 60.7 Å². The van der Waals surface area contributed by atoms with Crippen LogP contribution in [0, 0.1) is 0 Å². The van der Waals surface area contributed by atoms with Crippen LogP contribution in [0.4, 0.5) is 0 Å². The van der Waals surface area contributed by atoms with Gasteiger partial charge < -0.3 is 5.11 Å². The molecule has 2 nitrogen and oxygen atoms in total. The molecule has 0 aliphatic carbocycles. The molecule has 140 valence electrons. The molecule has 1 N–H and O–H groups in total. The molecule has 0 radical (unpaired) electrons. The summed E-state index contributed by atoms with van der Waals surface area (Å²) < 4.78 is 0. The van der Waals surface area contributed by atoms with Crippen LogP contribution in [0.25, 0.3) is 0 Å². The van der Waals surface area contributed by atoms with Gasteiger partial charge in [0.2, 0.25) is 0 Å². The van der Waals surface area contributed by atoms with Gasteiger partial charge in [-0.05, 0) is 36.1 Å². The first-order valence-corrected chi connectivity index (χ1v) is 11.4. The highest BCUT2D eigenvalue weighted by atomic mass is 32.2. The van der Waals surface area contributed by atoms with Crippen molar-refractivity contribution in [2.24, 2.45) is 0 Å². The molecule has 0 amide bonds. The van der Waals surface area contributed by atoms with E-state index in [1.165, 1.54) is 17.5 Å². The molecular weight excluding hydrogens is 360 g/mol. The highest BCUT2D eigenvalue weighted by molar-refractivity contribution is 7.99. The molecule has 0 aliphatic rings. The smallest absolute Gasteiger partial charge is 0.303 e. The van der Waals surface area contributed by atoms with Crippen molar-refractivity contribution in [3.8, 4) is 0 Å². The van der Waals surface area contributed by atoms with E-state index in [4.69, 9.17) is 5.11 Å². The Morgan fingerprint density at radius 1 is 0.846 bits per heavy atom. The fraction of sp³-hybridized carbons (Fsp3) is 0.409. The van der Waals surface area contributed by atoms with Crippen LogP contribution in [0.3, 0.4) is 0 Å². The second kappa shape index (κ2) is 12.9. The van der Waals surface area contributed by atoms with Crippen LogP contribution >= 0.6 is 23.5 Å². The lowest BCUT2D eigenvalue weighted by Gasteiger charge is -2.16. The fourth-order valence-corrected chi connectivity index (χ4v) is 5.14. The zero-order valence-corrected chi connectivity index (χ0v) is 16.8. The normalized spacial score (nSPS) is 12.0. The van der Waals surface area contributed by atoms with E-state index in [1.807, 2.05) is 23.5 Å². The SMILES string of the molecule is O=C(O)CCCC[C@H](CCSCc1ccccc1)SCc1ccccc1. The lowest BCUT2D eigenvalue weighted by molar-refractivity contribution is -0.137. The second-order valence-corrected chi connectivity index (χ2v) is 8.78. The molecule has 0 aromatic heterocycles. The summed E-state index contributed by atoms with van der Waals surface area (Å²) in [5, 5.41) is 9.41. The van der Waals surface area contributed by atoms with E-state index in [9.17, 15) is 4.79 Å². The highest BCUT2D eigenvalue weighted by Gasteiger charge is 2.10. The molecular formula is C22H28O2S2. The molecule has 2 aromatic rings. The van der Waals surface area contributed by atoms with E-state index in [0.717, 1.165) is 36.5 Å². The number of carbonyl (C=O) groups is 1. The standard InChI is InChI=1S/C22H28O2S2/c23-22(24)14-8-7-13-21(26-18-20-11-5-2-6-12-20)15-16-25-17-19-9-3-1-4-10-19/h1-6,9-12,21H,7-8,13-18H2,(H,23,24)/t21-/m1/s1. The van der Waals surface area contributed by atoms with Crippen LogP contribution in [-0.2, 0) is 16.3 Å². The van der Waals surface area contributed by atoms with Gasteiger partial charge in [0.15, 0.2) is 0 Å². The summed E-state index contributed by atoms with van der Waals surface area (Å²) in [5.41, 5.74) is 2.75. The van der Waals surface area contributed by atoms with Crippen molar-refractivity contribution in [1.29, 1.82) is 0 Å². The van der Waals surface area contributed by atoms with Crippen molar-refractivity contribution in [2.45, 2.75) is 48.9 Å². The van der Waals surface area contributed by atoms with E-state index < -0.39 is 5.97 Å². The molecule has 2 rings (SSSR count). The number of carboxylic acid groups (broad SMARTS) is 1. The molecule has 0 fully saturated rings. The van der Waals surface area contributed by atoms with Gasteiger partial charge in [0.05, 0.1) is 0 Å². The maximum atomic E-state index is 10.7. The molecule has 0 saturated carbocycles. The van der Waals surface area contributed by atoms with Gasteiger partial charge >= 0.3 is 5.97 Å². The quantitative estimate of drug-likeness (QED) is 0.411. The van der Waals surface area contributed by atoms with Crippen LogP contribution in [0.2, 0.25) is 0 Å². The Morgan fingerprint density at radius 2 is 1.46 bits per heavy atom. The van der Waals surface area contributed by atoms with Gasteiger partial charge in [0, 0.05) is 23.2 Å². The summed E-state index contributed by atoms with van der Waals surface area (Å²) in [4.78, 5) is 10.7. The Bertz CT molecular complexity index is 617. The van der Waals surface area contributed by atoms with Gasteiger partial charge in [-0.1, -0.05) is 67.1 Å². The van der Waals surface area contributed by atoms with Gasteiger partial charge in [-0.3, -0.25) is 4.79 Å². The summed E-state index contributed by atoms with van der Waals surface area (Å²) in [7, 11) is 0. The third-order valence-corrected chi connectivity index (χ3v) is 6.70. The average Bonchev–Trinajstić information content (AvgIpc) is 2.67. The Labute approximate surface area is 165 Å². The Balaban J connectivity index is 1.72. The maximum Gasteiger partial charge on any atom is 0.303 e. The molecule has 4 heteroatoms. The van der Waals surface area contributed by atoms with Gasteiger partial charge in [0.25, 0.3) is 0 Å². The number of rotatable bonds is 13. The summed E-state index contributed by atoms with van der Waals surface area (Å²) >= 11 is 4.01. The van der Waals surface area contributed by atoms with Crippen LogP contribution in [-0.4, -0.2) is 22.1 Å². The van der Waals surface area contributed by atoms with Crippen molar-refractivity contribution in [3.05, 3.63) is 71.8 Å². The summed E-state index contributed by atoms with van der Waals surface area (Å²) in [6, 6.07) is 21.2. The maximum absolute atomic E-state index is 10.7. The largest absolute Gasteiger partial charge is 0.481 e. The van der Waals surface area contributed by atoms with Crippen molar-refractivity contribution >= 4 is 29.5 Å². The topological polar surface area (TPSA) is 37.3 Å². The molecule has 0 spiro atoms. The highest BCUT2D eigenvalue weighted by Crippen LogP contribution is 2.27. The molecule has 0 heterocycles. The van der Waals surface area contributed by atoms with Gasteiger partial charge in [-0.25, -0.2) is 0 Å². The second-order valence-electron chi connectivity index (χ2n) is 6.38. The fourth-order valence-electron chi connectivity index (χ4n) is 2.73. The van der Waals surface area contributed by atoms with Gasteiger partial charge in [0.1, 0.15) is 0 Å². The van der Waals surface area contributed by atoms with Crippen molar-refractivity contribution in [2.75, 3.05) is 5.75 Å². The minimum atomic E-state index is -0.683. The van der Waals surface area contributed by atoms with Gasteiger partial charge in [-0.2, -0.15) is 23.5 Å². The Morgan fingerprint density at radius 3 is 2.08 bits per heavy atom. The van der Waals surface area contributed by atoms with E-state index in [2.05, 4.69) is 60.7 Å². The minimum absolute atomic E-state index is 0.291. The third-order valence-electron chi connectivity index (χ3n) is 4.19. The minimum Gasteiger partial charge on any atom is -0.481 e. The predicted octanol–water partition coefficient (Wildman–Crippen LogP) is 6.26. The molecule has 26 heavy (non-hydrogen) atoms. The zero-order valence-electron chi connectivity index (χ0n) is 15.2. The number of thioether (sulfide) groups is 2. The monoisotopic (exact) mass is 388 g/mol. The molecule has 0 unspecified atom stereocenters. The average molecular weight is 389 g/mol. The number of hydrogen-bond acceptors (Lipinski definition) is 3.